The molecule has 0 bridgehead atoms. The largest absolute Gasteiger partial charge is 0.372 e. The van der Waals surface area contributed by atoms with Crippen molar-refractivity contribution in [3.05, 3.63) is 24.3 Å². The Hall–Kier alpha value is -2.37. The van der Waals surface area contributed by atoms with Gasteiger partial charge < -0.3 is 10.2 Å². The van der Waals surface area contributed by atoms with Gasteiger partial charge in [-0.3, -0.25) is 9.59 Å². The second-order valence-corrected chi connectivity index (χ2v) is 4.97. The molecule has 0 aliphatic carbocycles. The summed E-state index contributed by atoms with van der Waals surface area (Å²) in [5.41, 5.74) is 4.37. The first-order valence-corrected chi connectivity index (χ1v) is 6.74. The monoisotopic (exact) mass is 272 g/mol. The van der Waals surface area contributed by atoms with E-state index in [2.05, 4.69) is 20.7 Å². The third-order valence-electron chi connectivity index (χ3n) is 3.50. The number of anilines is 2. The van der Waals surface area contributed by atoms with Gasteiger partial charge in [0, 0.05) is 24.5 Å². The lowest BCUT2D eigenvalue weighted by Gasteiger charge is -2.17. The van der Waals surface area contributed by atoms with Crippen LogP contribution in [0.25, 0.3) is 0 Å². The summed E-state index contributed by atoms with van der Waals surface area (Å²) in [6.45, 7) is 2.19. The van der Waals surface area contributed by atoms with E-state index in [-0.39, 0.29) is 23.9 Å². The van der Waals surface area contributed by atoms with Crippen molar-refractivity contribution in [1.82, 2.24) is 5.43 Å². The van der Waals surface area contributed by atoms with Gasteiger partial charge in [0.1, 0.15) is 5.71 Å². The average Bonchev–Trinajstić information content (AvgIpc) is 3.10. The number of rotatable bonds is 3. The first kappa shape index (κ1) is 12.7. The predicted molar refractivity (Wildman–Crippen MR) is 76.7 cm³/mol. The van der Waals surface area contributed by atoms with Crippen molar-refractivity contribution in [1.29, 1.82) is 0 Å². The van der Waals surface area contributed by atoms with Crippen molar-refractivity contribution in [2.24, 2.45) is 5.10 Å². The molecule has 1 fully saturated rings. The molecule has 2 amide bonds. The fourth-order valence-electron chi connectivity index (χ4n) is 2.43. The van der Waals surface area contributed by atoms with Gasteiger partial charge in [-0.1, -0.05) is 0 Å². The summed E-state index contributed by atoms with van der Waals surface area (Å²) in [5.74, 6) is -0.586. The van der Waals surface area contributed by atoms with Crippen LogP contribution in [0.2, 0.25) is 0 Å². The van der Waals surface area contributed by atoms with Crippen LogP contribution in [-0.2, 0) is 9.59 Å². The molecule has 6 heteroatoms. The second kappa shape index (κ2) is 5.32. The maximum absolute atomic E-state index is 11.9. The van der Waals surface area contributed by atoms with E-state index in [9.17, 15) is 9.59 Å². The van der Waals surface area contributed by atoms with E-state index in [0.29, 0.717) is 5.69 Å². The minimum absolute atomic E-state index is 0.0394. The Morgan fingerprint density at radius 2 is 1.90 bits per heavy atom. The second-order valence-electron chi connectivity index (χ2n) is 4.97. The summed E-state index contributed by atoms with van der Waals surface area (Å²) in [4.78, 5) is 25.2. The van der Waals surface area contributed by atoms with Gasteiger partial charge in [0.2, 0.25) is 5.91 Å². The molecule has 104 valence electrons. The predicted octanol–water partition coefficient (Wildman–Crippen LogP) is 1.10. The van der Waals surface area contributed by atoms with Gasteiger partial charge in [0.15, 0.2) is 0 Å². The Kier molecular flexibility index (Phi) is 3.37. The van der Waals surface area contributed by atoms with Gasteiger partial charge in [-0.2, -0.15) is 5.10 Å². The third-order valence-corrected chi connectivity index (χ3v) is 3.50. The summed E-state index contributed by atoms with van der Waals surface area (Å²) in [7, 11) is 0. The molecule has 3 rings (SSSR count). The molecule has 0 unspecified atom stereocenters. The van der Waals surface area contributed by atoms with Crippen molar-refractivity contribution < 1.29 is 9.59 Å². The van der Waals surface area contributed by atoms with Crippen LogP contribution in [0.5, 0.6) is 0 Å². The van der Waals surface area contributed by atoms with Gasteiger partial charge in [-0.15, -0.1) is 0 Å². The topological polar surface area (TPSA) is 73.8 Å². The lowest BCUT2D eigenvalue weighted by molar-refractivity contribution is -0.119. The van der Waals surface area contributed by atoms with E-state index in [1.54, 1.807) is 0 Å². The van der Waals surface area contributed by atoms with E-state index in [4.69, 9.17) is 0 Å². The van der Waals surface area contributed by atoms with Crippen LogP contribution in [0.3, 0.4) is 0 Å². The summed E-state index contributed by atoms with van der Waals surface area (Å²) >= 11 is 0. The SMILES string of the molecule is O=C1CC(C(=O)Nc2ccc(N3CCCC3)cc2)=NN1. The molecule has 0 saturated carbocycles. The highest BCUT2D eigenvalue weighted by Gasteiger charge is 2.21. The fourth-order valence-corrected chi connectivity index (χ4v) is 2.43. The average molecular weight is 272 g/mol. The molecule has 0 atom stereocenters. The van der Waals surface area contributed by atoms with Crippen LogP contribution < -0.4 is 15.6 Å². The van der Waals surface area contributed by atoms with Gasteiger partial charge in [0.25, 0.3) is 5.91 Å². The van der Waals surface area contributed by atoms with E-state index in [1.165, 1.54) is 18.5 Å². The molecule has 1 aromatic carbocycles. The number of nitrogens with zero attached hydrogens (tertiary/aromatic N) is 2. The Morgan fingerprint density at radius 3 is 2.50 bits per heavy atom. The number of hydrazone groups is 1. The minimum Gasteiger partial charge on any atom is -0.372 e. The molecule has 2 aliphatic rings. The maximum Gasteiger partial charge on any atom is 0.272 e. The molecule has 1 saturated heterocycles. The van der Waals surface area contributed by atoms with Crippen LogP contribution >= 0.6 is 0 Å². The first-order chi connectivity index (χ1) is 9.72. The molecule has 0 radical (unpaired) electrons. The van der Waals surface area contributed by atoms with Crippen molar-refractivity contribution in [2.45, 2.75) is 19.3 Å². The van der Waals surface area contributed by atoms with Crippen molar-refractivity contribution in [3.8, 4) is 0 Å². The number of hydrogen-bond acceptors (Lipinski definition) is 4. The minimum atomic E-state index is -0.336. The number of hydrogen-bond donors (Lipinski definition) is 2. The van der Waals surface area contributed by atoms with E-state index < -0.39 is 0 Å². The quantitative estimate of drug-likeness (QED) is 0.865. The molecular formula is C14H16N4O2. The van der Waals surface area contributed by atoms with E-state index >= 15 is 0 Å². The standard InChI is InChI=1S/C14H16N4O2/c19-13-9-12(16-17-13)14(20)15-10-3-5-11(6-4-10)18-7-1-2-8-18/h3-6H,1-2,7-9H2,(H,15,20)(H,17,19). The number of amides is 2. The molecule has 2 N–H and O–H groups in total. The number of benzene rings is 1. The van der Waals surface area contributed by atoms with Crippen LogP contribution in [0.1, 0.15) is 19.3 Å². The first-order valence-electron chi connectivity index (χ1n) is 6.74. The normalized spacial score (nSPS) is 17.9. The lowest BCUT2D eigenvalue weighted by atomic mass is 10.2. The zero-order valence-corrected chi connectivity index (χ0v) is 11.1. The Labute approximate surface area is 116 Å². The van der Waals surface area contributed by atoms with Gasteiger partial charge in [-0.25, -0.2) is 5.43 Å². The lowest BCUT2D eigenvalue weighted by Crippen LogP contribution is -2.22. The molecule has 6 nitrogen and oxygen atoms in total. The molecule has 0 aromatic heterocycles. The molecule has 1 aromatic rings. The van der Waals surface area contributed by atoms with Crippen molar-refractivity contribution >= 4 is 28.9 Å². The number of carbonyl (C=O) groups excluding carboxylic acids is 2. The summed E-state index contributed by atoms with van der Waals surface area (Å²) in [6.07, 6.45) is 2.51. The molecule has 2 aliphatic heterocycles. The highest BCUT2D eigenvalue weighted by Crippen LogP contribution is 2.22. The highest BCUT2D eigenvalue weighted by molar-refractivity contribution is 6.46. The molecular weight excluding hydrogens is 256 g/mol. The van der Waals surface area contributed by atoms with Gasteiger partial charge in [0.05, 0.1) is 6.42 Å². The van der Waals surface area contributed by atoms with Crippen molar-refractivity contribution in [3.63, 3.8) is 0 Å². The van der Waals surface area contributed by atoms with Crippen LogP contribution in [0.4, 0.5) is 11.4 Å². The smallest absolute Gasteiger partial charge is 0.272 e. The van der Waals surface area contributed by atoms with Crippen LogP contribution in [0, 0.1) is 0 Å². The zero-order valence-electron chi connectivity index (χ0n) is 11.1. The van der Waals surface area contributed by atoms with Crippen LogP contribution in [-0.4, -0.2) is 30.6 Å². The van der Waals surface area contributed by atoms with Gasteiger partial charge >= 0.3 is 0 Å². The molecule has 20 heavy (non-hydrogen) atoms. The number of nitrogens with one attached hydrogen (secondary N) is 2. The van der Waals surface area contributed by atoms with Crippen molar-refractivity contribution in [2.75, 3.05) is 23.3 Å². The van der Waals surface area contributed by atoms with Crippen LogP contribution in [0.15, 0.2) is 29.4 Å². The summed E-state index contributed by atoms with van der Waals surface area (Å²) in [6, 6.07) is 7.74. The fraction of sp³-hybridized carbons (Fsp3) is 0.357. The highest BCUT2D eigenvalue weighted by atomic mass is 16.2. The Bertz CT molecular complexity index is 559. The molecule has 2 heterocycles. The van der Waals surface area contributed by atoms with E-state index in [1.807, 2.05) is 24.3 Å². The molecule has 0 spiro atoms. The Balaban J connectivity index is 1.63. The third kappa shape index (κ3) is 2.64. The number of carbonyl (C=O) groups is 2. The summed E-state index contributed by atoms with van der Waals surface area (Å²) in [5, 5.41) is 6.43. The Morgan fingerprint density at radius 1 is 1.20 bits per heavy atom. The van der Waals surface area contributed by atoms with Gasteiger partial charge in [-0.05, 0) is 37.1 Å². The maximum atomic E-state index is 11.9. The van der Waals surface area contributed by atoms with E-state index in [0.717, 1.165) is 13.1 Å². The zero-order chi connectivity index (χ0) is 13.9. The summed E-state index contributed by atoms with van der Waals surface area (Å²) < 4.78 is 0.